The summed E-state index contributed by atoms with van der Waals surface area (Å²) in [6.07, 6.45) is 0. The van der Waals surface area contributed by atoms with Gasteiger partial charge in [0.2, 0.25) is 0 Å². The Morgan fingerprint density at radius 1 is 1.38 bits per heavy atom. The Kier molecular flexibility index (Phi) is 5.27. The van der Waals surface area contributed by atoms with E-state index >= 15 is 0 Å². The zero-order valence-electron chi connectivity index (χ0n) is 11.4. The minimum Gasteiger partial charge on any atom is -0.494 e. The molecule has 8 heteroatoms. The molecule has 0 saturated heterocycles. The van der Waals surface area contributed by atoms with E-state index in [0.29, 0.717) is 11.6 Å². The molecule has 0 spiro atoms. The standard InChI is InChI=1S/C13H13Cl2N3O2S/c1-16-13-18-7(6-21-13)5-17-12(19)10-8(14)3-4-9(15)11(10)20-2/h3-4,6H,5H2,1-2H3,(H,16,18)(H,17,19). The summed E-state index contributed by atoms with van der Waals surface area (Å²) in [6.45, 7) is 0.295. The Morgan fingerprint density at radius 2 is 2.10 bits per heavy atom. The molecule has 1 aromatic carbocycles. The summed E-state index contributed by atoms with van der Waals surface area (Å²) in [7, 11) is 3.23. The molecule has 2 rings (SSSR count). The summed E-state index contributed by atoms with van der Waals surface area (Å²) in [5, 5.41) is 8.95. The molecular formula is C13H13Cl2N3O2S. The lowest BCUT2D eigenvalue weighted by molar-refractivity contribution is 0.0947. The van der Waals surface area contributed by atoms with E-state index in [0.717, 1.165) is 10.8 Å². The molecule has 0 aliphatic heterocycles. The van der Waals surface area contributed by atoms with Gasteiger partial charge in [-0.3, -0.25) is 4.79 Å². The Morgan fingerprint density at radius 3 is 2.71 bits per heavy atom. The molecule has 1 heterocycles. The minimum absolute atomic E-state index is 0.218. The van der Waals surface area contributed by atoms with Crippen molar-refractivity contribution in [3.05, 3.63) is 38.8 Å². The fourth-order valence-electron chi connectivity index (χ4n) is 1.71. The van der Waals surface area contributed by atoms with Crippen molar-refractivity contribution in [2.24, 2.45) is 0 Å². The number of anilines is 1. The van der Waals surface area contributed by atoms with Crippen LogP contribution in [0.15, 0.2) is 17.5 Å². The van der Waals surface area contributed by atoms with Gasteiger partial charge in [0.15, 0.2) is 10.9 Å². The number of carbonyl (C=O) groups excluding carboxylic acids is 1. The fourth-order valence-corrected chi connectivity index (χ4v) is 2.85. The summed E-state index contributed by atoms with van der Waals surface area (Å²) in [5.74, 6) is -0.103. The monoisotopic (exact) mass is 345 g/mol. The summed E-state index contributed by atoms with van der Waals surface area (Å²) >= 11 is 13.5. The molecule has 0 saturated carbocycles. The van der Waals surface area contributed by atoms with E-state index in [4.69, 9.17) is 27.9 Å². The number of aromatic nitrogens is 1. The number of thiazole rings is 1. The van der Waals surface area contributed by atoms with Crippen molar-refractivity contribution < 1.29 is 9.53 Å². The number of nitrogens with zero attached hydrogens (tertiary/aromatic N) is 1. The number of rotatable bonds is 5. The maximum absolute atomic E-state index is 12.3. The van der Waals surface area contributed by atoms with Gasteiger partial charge in [-0.05, 0) is 12.1 Å². The molecule has 0 fully saturated rings. The van der Waals surface area contributed by atoms with Crippen LogP contribution >= 0.6 is 34.5 Å². The number of halogens is 2. The third-order valence-electron chi connectivity index (χ3n) is 2.69. The molecule has 0 atom stereocenters. The SMILES string of the molecule is CNc1nc(CNC(=O)c2c(Cl)ccc(Cl)c2OC)cs1. The molecule has 0 radical (unpaired) electrons. The van der Waals surface area contributed by atoms with Crippen LogP contribution in [0.4, 0.5) is 5.13 Å². The highest BCUT2D eigenvalue weighted by Gasteiger charge is 2.19. The number of nitrogens with one attached hydrogen (secondary N) is 2. The maximum Gasteiger partial charge on any atom is 0.256 e. The van der Waals surface area contributed by atoms with Crippen LogP contribution in [0.1, 0.15) is 16.1 Å². The predicted molar refractivity (Wildman–Crippen MR) is 85.8 cm³/mol. The summed E-state index contributed by atoms with van der Waals surface area (Å²) in [4.78, 5) is 16.6. The van der Waals surface area contributed by atoms with Crippen LogP contribution < -0.4 is 15.4 Å². The molecule has 0 bridgehead atoms. The Hall–Kier alpha value is -1.50. The van der Waals surface area contributed by atoms with Crippen molar-refractivity contribution in [1.82, 2.24) is 10.3 Å². The average Bonchev–Trinajstić information content (AvgIpc) is 2.94. The largest absolute Gasteiger partial charge is 0.494 e. The van der Waals surface area contributed by atoms with Gasteiger partial charge in [-0.25, -0.2) is 4.98 Å². The topological polar surface area (TPSA) is 63.2 Å². The van der Waals surface area contributed by atoms with Crippen LogP contribution in [0.2, 0.25) is 10.0 Å². The zero-order chi connectivity index (χ0) is 15.4. The van der Waals surface area contributed by atoms with Gasteiger partial charge in [-0.2, -0.15) is 0 Å². The highest BCUT2D eigenvalue weighted by atomic mass is 35.5. The molecule has 1 amide bonds. The first-order chi connectivity index (χ1) is 10.1. The Labute approximate surface area is 136 Å². The number of hydrogen-bond acceptors (Lipinski definition) is 5. The van der Waals surface area contributed by atoms with Crippen LogP contribution in [0.5, 0.6) is 5.75 Å². The second-order valence-electron chi connectivity index (χ2n) is 4.01. The number of amides is 1. The van der Waals surface area contributed by atoms with Crippen molar-refractivity contribution in [3.63, 3.8) is 0 Å². The third-order valence-corrected chi connectivity index (χ3v) is 4.21. The molecule has 1 aromatic heterocycles. The highest BCUT2D eigenvalue weighted by molar-refractivity contribution is 7.13. The molecule has 5 nitrogen and oxygen atoms in total. The van der Waals surface area contributed by atoms with E-state index in [1.807, 2.05) is 5.38 Å². The molecule has 2 N–H and O–H groups in total. The lowest BCUT2D eigenvalue weighted by Crippen LogP contribution is -2.24. The van der Waals surface area contributed by atoms with Crippen LogP contribution in [0, 0.1) is 0 Å². The number of benzene rings is 1. The summed E-state index contributed by atoms with van der Waals surface area (Å²) < 4.78 is 5.15. The van der Waals surface area contributed by atoms with Crippen LogP contribution in [0.25, 0.3) is 0 Å². The van der Waals surface area contributed by atoms with E-state index in [-0.39, 0.29) is 22.2 Å². The molecule has 0 unspecified atom stereocenters. The predicted octanol–water partition coefficient (Wildman–Crippen LogP) is 3.43. The lowest BCUT2D eigenvalue weighted by Gasteiger charge is -2.11. The second kappa shape index (κ2) is 6.98. The number of methoxy groups -OCH3 is 1. The van der Waals surface area contributed by atoms with Gasteiger partial charge in [0, 0.05) is 12.4 Å². The molecule has 0 aliphatic carbocycles. The molecule has 0 aliphatic rings. The van der Waals surface area contributed by atoms with E-state index in [9.17, 15) is 4.79 Å². The van der Waals surface area contributed by atoms with E-state index < -0.39 is 0 Å². The average molecular weight is 346 g/mol. The Bertz CT molecular complexity index is 661. The lowest BCUT2D eigenvalue weighted by atomic mass is 10.2. The zero-order valence-corrected chi connectivity index (χ0v) is 13.7. The van der Waals surface area contributed by atoms with Crippen molar-refractivity contribution in [2.75, 3.05) is 19.5 Å². The highest BCUT2D eigenvalue weighted by Crippen LogP contribution is 2.33. The van der Waals surface area contributed by atoms with Crippen molar-refractivity contribution in [3.8, 4) is 5.75 Å². The van der Waals surface area contributed by atoms with Gasteiger partial charge in [0.25, 0.3) is 5.91 Å². The van der Waals surface area contributed by atoms with Crippen molar-refractivity contribution in [2.45, 2.75) is 6.54 Å². The smallest absolute Gasteiger partial charge is 0.256 e. The molecule has 112 valence electrons. The molecular weight excluding hydrogens is 333 g/mol. The normalized spacial score (nSPS) is 10.3. The Balaban J connectivity index is 2.15. The van der Waals surface area contributed by atoms with Gasteiger partial charge in [0.05, 0.1) is 29.4 Å². The van der Waals surface area contributed by atoms with Crippen molar-refractivity contribution in [1.29, 1.82) is 0 Å². The van der Waals surface area contributed by atoms with E-state index in [1.54, 1.807) is 19.2 Å². The van der Waals surface area contributed by atoms with Gasteiger partial charge in [-0.15, -0.1) is 11.3 Å². The van der Waals surface area contributed by atoms with Gasteiger partial charge in [0.1, 0.15) is 5.56 Å². The van der Waals surface area contributed by atoms with Crippen LogP contribution in [0.3, 0.4) is 0 Å². The quantitative estimate of drug-likeness (QED) is 0.871. The number of carbonyl (C=O) groups is 1. The number of hydrogen-bond donors (Lipinski definition) is 2. The van der Waals surface area contributed by atoms with Gasteiger partial charge >= 0.3 is 0 Å². The van der Waals surface area contributed by atoms with E-state index in [1.165, 1.54) is 18.4 Å². The van der Waals surface area contributed by atoms with Gasteiger partial charge in [-0.1, -0.05) is 23.2 Å². The third kappa shape index (κ3) is 3.58. The first-order valence-electron chi connectivity index (χ1n) is 5.99. The number of ether oxygens (including phenoxy) is 1. The minimum atomic E-state index is -0.363. The first kappa shape index (κ1) is 15.9. The van der Waals surface area contributed by atoms with Crippen molar-refractivity contribution >= 4 is 45.6 Å². The second-order valence-corrected chi connectivity index (χ2v) is 5.69. The maximum atomic E-state index is 12.3. The first-order valence-corrected chi connectivity index (χ1v) is 7.62. The van der Waals surface area contributed by atoms with Crippen LogP contribution in [-0.4, -0.2) is 25.0 Å². The molecule has 21 heavy (non-hydrogen) atoms. The van der Waals surface area contributed by atoms with Crippen LogP contribution in [-0.2, 0) is 6.54 Å². The van der Waals surface area contributed by atoms with Gasteiger partial charge < -0.3 is 15.4 Å². The summed E-state index contributed by atoms with van der Waals surface area (Å²) in [5.41, 5.74) is 0.977. The molecule has 2 aromatic rings. The summed E-state index contributed by atoms with van der Waals surface area (Å²) in [6, 6.07) is 3.14. The van der Waals surface area contributed by atoms with E-state index in [2.05, 4.69) is 15.6 Å². The fraction of sp³-hybridized carbons (Fsp3) is 0.231.